The summed E-state index contributed by atoms with van der Waals surface area (Å²) in [7, 11) is 0. The number of nitrogens with zero attached hydrogens (tertiary/aromatic N) is 3. The van der Waals surface area contributed by atoms with Gasteiger partial charge in [0.05, 0.1) is 29.7 Å². The van der Waals surface area contributed by atoms with Crippen molar-refractivity contribution in [3.63, 3.8) is 0 Å². The minimum absolute atomic E-state index is 0. The first-order valence-electron chi connectivity index (χ1n) is 10.9. The van der Waals surface area contributed by atoms with Crippen LogP contribution in [0.1, 0.15) is 39.3 Å². The van der Waals surface area contributed by atoms with Gasteiger partial charge in [-0.15, -0.1) is 0 Å². The van der Waals surface area contributed by atoms with Crippen LogP contribution in [-0.2, 0) is 9.53 Å². The van der Waals surface area contributed by atoms with Gasteiger partial charge >= 0.3 is 5.97 Å². The number of hydrogen-bond donors (Lipinski definition) is 1. The number of benzene rings is 2. The van der Waals surface area contributed by atoms with E-state index in [4.69, 9.17) is 9.73 Å². The maximum Gasteiger partial charge on any atom is 0.338 e. The number of esters is 1. The monoisotopic (exact) mass is 486 g/mol. The predicted octanol–water partition coefficient (Wildman–Crippen LogP) is 1.55. The summed E-state index contributed by atoms with van der Waals surface area (Å²) in [5, 5.41) is 13.0. The standard InChI is InChI=1S/C25H29N3O3S.ClH/c1-5-31-23(29)21-18(4)26-24-28(22(21)19-12-8-6-9-13-19)25(30,16-32-24)27(17(2)3)20-14-10-7-11-15-20;/h6-15,17,22,30H,5,16H2,1-4H3;1H/p-1. The number of anilines is 1. The van der Waals surface area contributed by atoms with E-state index in [-0.39, 0.29) is 25.1 Å². The molecule has 2 aliphatic rings. The highest BCUT2D eigenvalue weighted by Crippen LogP contribution is 2.48. The van der Waals surface area contributed by atoms with E-state index in [2.05, 4.69) is 13.8 Å². The van der Waals surface area contributed by atoms with E-state index in [1.807, 2.05) is 77.4 Å². The zero-order valence-corrected chi connectivity index (χ0v) is 20.8. The molecule has 2 aromatic carbocycles. The van der Waals surface area contributed by atoms with Crippen LogP contribution < -0.4 is 17.3 Å². The molecule has 2 aliphatic heterocycles. The maximum absolute atomic E-state index is 13.1. The maximum atomic E-state index is 13.1. The van der Waals surface area contributed by atoms with Gasteiger partial charge in [0.25, 0.3) is 0 Å². The van der Waals surface area contributed by atoms with Crippen LogP contribution in [-0.4, -0.2) is 45.4 Å². The van der Waals surface area contributed by atoms with Gasteiger partial charge in [0.15, 0.2) is 5.17 Å². The number of aliphatic hydroxyl groups is 1. The fourth-order valence-corrected chi connectivity index (χ4v) is 5.69. The third-order valence-electron chi connectivity index (χ3n) is 5.72. The summed E-state index contributed by atoms with van der Waals surface area (Å²) in [4.78, 5) is 21.7. The summed E-state index contributed by atoms with van der Waals surface area (Å²) in [6, 6.07) is 19.1. The normalized spacial score (nSPS) is 21.9. The smallest absolute Gasteiger partial charge is 0.338 e. The van der Waals surface area contributed by atoms with Gasteiger partial charge in [0.1, 0.15) is 0 Å². The van der Waals surface area contributed by atoms with Gasteiger partial charge in [-0.05, 0) is 45.4 Å². The number of amidine groups is 1. The Morgan fingerprint density at radius 1 is 1.21 bits per heavy atom. The third-order valence-corrected chi connectivity index (χ3v) is 6.80. The molecule has 2 aromatic rings. The highest BCUT2D eigenvalue weighted by molar-refractivity contribution is 8.14. The van der Waals surface area contributed by atoms with Crippen LogP contribution in [0.3, 0.4) is 0 Å². The first-order valence-corrected chi connectivity index (χ1v) is 11.9. The van der Waals surface area contributed by atoms with Crippen LogP contribution in [0.2, 0.25) is 0 Å². The topological polar surface area (TPSA) is 65.4 Å². The van der Waals surface area contributed by atoms with Crippen molar-refractivity contribution < 1.29 is 27.0 Å². The van der Waals surface area contributed by atoms with Crippen LogP contribution in [0.15, 0.2) is 76.9 Å². The van der Waals surface area contributed by atoms with Crippen LogP contribution in [0.4, 0.5) is 5.69 Å². The lowest BCUT2D eigenvalue weighted by Crippen LogP contribution is -3.00. The molecule has 0 radical (unpaired) electrons. The van der Waals surface area contributed by atoms with E-state index in [1.54, 1.807) is 6.92 Å². The molecule has 0 spiro atoms. The van der Waals surface area contributed by atoms with Gasteiger partial charge in [-0.1, -0.05) is 60.3 Å². The fourth-order valence-electron chi connectivity index (χ4n) is 4.50. The Bertz CT molecular complexity index is 1050. The lowest BCUT2D eigenvalue weighted by atomic mass is 9.93. The van der Waals surface area contributed by atoms with Gasteiger partial charge < -0.3 is 27.2 Å². The van der Waals surface area contributed by atoms with E-state index in [0.29, 0.717) is 22.2 Å². The average molecular weight is 487 g/mol. The number of thioether (sulfide) groups is 1. The van der Waals surface area contributed by atoms with E-state index in [0.717, 1.165) is 11.3 Å². The number of para-hydroxylation sites is 1. The van der Waals surface area contributed by atoms with E-state index in [1.165, 1.54) is 11.8 Å². The van der Waals surface area contributed by atoms with Crippen LogP contribution in [0, 0.1) is 0 Å². The molecule has 176 valence electrons. The van der Waals surface area contributed by atoms with Gasteiger partial charge in [-0.2, -0.15) is 0 Å². The Morgan fingerprint density at radius 2 is 1.82 bits per heavy atom. The average Bonchev–Trinajstić information content (AvgIpc) is 3.10. The van der Waals surface area contributed by atoms with Crippen LogP contribution in [0.5, 0.6) is 0 Å². The molecule has 1 fully saturated rings. The lowest BCUT2D eigenvalue weighted by molar-refractivity contribution is -0.140. The summed E-state index contributed by atoms with van der Waals surface area (Å²) in [5.74, 6) is -1.40. The molecule has 0 amide bonds. The first kappa shape index (κ1) is 25.1. The molecule has 4 rings (SSSR count). The number of ether oxygens (including phenoxy) is 1. The Kier molecular flexibility index (Phi) is 7.77. The molecule has 0 saturated carbocycles. The van der Waals surface area contributed by atoms with Gasteiger partial charge in [-0.25, -0.2) is 9.79 Å². The van der Waals surface area contributed by atoms with Crippen LogP contribution in [0.25, 0.3) is 0 Å². The van der Waals surface area contributed by atoms with Crippen molar-refractivity contribution in [2.45, 2.75) is 45.6 Å². The molecule has 0 aromatic heterocycles. The Labute approximate surface area is 205 Å². The zero-order valence-electron chi connectivity index (χ0n) is 19.2. The number of carbonyl (C=O) groups is 1. The van der Waals surface area contributed by atoms with Gasteiger partial charge in [0.2, 0.25) is 5.85 Å². The molecule has 2 atom stereocenters. The quantitative estimate of drug-likeness (QED) is 0.493. The summed E-state index contributed by atoms with van der Waals surface area (Å²) in [5.41, 5.74) is 2.89. The number of allylic oxidation sites excluding steroid dienone is 1. The summed E-state index contributed by atoms with van der Waals surface area (Å²) >= 11 is 1.50. The number of hydrogen-bond acceptors (Lipinski definition) is 7. The highest BCUT2D eigenvalue weighted by Gasteiger charge is 2.55. The lowest BCUT2D eigenvalue weighted by Gasteiger charge is -2.50. The Balaban J connectivity index is 0.00000306. The largest absolute Gasteiger partial charge is 1.00 e. The molecule has 6 nitrogen and oxygen atoms in total. The third kappa shape index (κ3) is 4.50. The second-order valence-electron chi connectivity index (χ2n) is 8.16. The number of halogens is 1. The van der Waals surface area contributed by atoms with Crippen molar-refractivity contribution in [2.24, 2.45) is 4.99 Å². The first-order chi connectivity index (χ1) is 15.4. The van der Waals surface area contributed by atoms with E-state index < -0.39 is 17.9 Å². The molecule has 0 aliphatic carbocycles. The van der Waals surface area contributed by atoms with Crippen molar-refractivity contribution >= 4 is 28.6 Å². The van der Waals surface area contributed by atoms with Crippen molar-refractivity contribution in [1.29, 1.82) is 0 Å². The summed E-state index contributed by atoms with van der Waals surface area (Å²) in [6.07, 6.45) is 0. The fraction of sp³-hybridized carbons (Fsp3) is 0.360. The zero-order chi connectivity index (χ0) is 22.9. The van der Waals surface area contributed by atoms with Crippen molar-refractivity contribution in [3.05, 3.63) is 77.5 Å². The molecular weight excluding hydrogens is 458 g/mol. The summed E-state index contributed by atoms with van der Waals surface area (Å²) < 4.78 is 5.42. The highest BCUT2D eigenvalue weighted by atomic mass is 35.5. The second kappa shape index (κ2) is 10.2. The molecule has 1 N–H and O–H groups in total. The number of rotatable bonds is 6. The second-order valence-corrected chi connectivity index (χ2v) is 9.10. The van der Waals surface area contributed by atoms with Crippen molar-refractivity contribution in [1.82, 2.24) is 4.90 Å². The van der Waals surface area contributed by atoms with E-state index >= 15 is 0 Å². The Hall–Kier alpha value is -2.48. The van der Waals surface area contributed by atoms with Crippen molar-refractivity contribution in [3.8, 4) is 0 Å². The SMILES string of the molecule is CCOC(=O)C1=C(C)N=C2SCC(O)(N(c3ccccc3)C(C)C)N2C1c1ccccc1.[Cl-]. The molecule has 2 heterocycles. The molecule has 0 bridgehead atoms. The minimum Gasteiger partial charge on any atom is -1.00 e. The number of fused-ring (bicyclic) bond motifs is 1. The van der Waals surface area contributed by atoms with Gasteiger partial charge in [0, 0.05) is 11.7 Å². The molecule has 1 saturated heterocycles. The number of carbonyl (C=O) groups excluding carboxylic acids is 1. The van der Waals surface area contributed by atoms with E-state index in [9.17, 15) is 9.90 Å². The van der Waals surface area contributed by atoms with Gasteiger partial charge in [-0.3, -0.25) is 4.90 Å². The molecular formula is C25H29ClN3O3S-. The molecule has 8 heteroatoms. The predicted molar refractivity (Wildman–Crippen MR) is 129 cm³/mol. The molecule has 2 unspecified atom stereocenters. The number of aliphatic imine (C=N–C) groups is 1. The summed E-state index contributed by atoms with van der Waals surface area (Å²) in [6.45, 7) is 8.01. The molecule has 33 heavy (non-hydrogen) atoms. The minimum atomic E-state index is -1.39. The Morgan fingerprint density at radius 3 is 2.39 bits per heavy atom. The van der Waals surface area contributed by atoms with Crippen LogP contribution >= 0.6 is 11.8 Å². The van der Waals surface area contributed by atoms with Crippen molar-refractivity contribution in [2.75, 3.05) is 17.3 Å².